The number of rotatable bonds is 5. The zero-order valence-electron chi connectivity index (χ0n) is 9.67. The van der Waals surface area contributed by atoms with Crippen LogP contribution in [-0.2, 0) is 4.79 Å². The number of hydrogen-bond donors (Lipinski definition) is 2. The van der Waals surface area contributed by atoms with Gasteiger partial charge in [-0.05, 0) is 25.2 Å². The highest BCUT2D eigenvalue weighted by atomic mass is 32.1. The number of nitrogens with two attached hydrogens (primary N) is 1. The molecule has 3 nitrogen and oxygen atoms in total. The van der Waals surface area contributed by atoms with Crippen LogP contribution in [0.15, 0.2) is 0 Å². The minimum atomic E-state index is -0.477. The largest absolute Gasteiger partial charge is 0.391 e. The monoisotopic (exact) mass is 228 g/mol. The Kier molecular flexibility index (Phi) is 3.71. The van der Waals surface area contributed by atoms with Crippen molar-refractivity contribution in [2.75, 3.05) is 0 Å². The van der Waals surface area contributed by atoms with E-state index in [1.165, 1.54) is 0 Å². The van der Waals surface area contributed by atoms with E-state index >= 15 is 0 Å². The molecule has 2 unspecified atom stereocenters. The quantitative estimate of drug-likeness (QED) is 0.703. The molecule has 0 aromatic carbocycles. The summed E-state index contributed by atoms with van der Waals surface area (Å²) in [6, 6.07) is 0. The predicted octanol–water partition coefficient (Wildman–Crippen LogP) is 1.60. The zero-order chi connectivity index (χ0) is 11.6. The van der Waals surface area contributed by atoms with Crippen molar-refractivity contribution in [2.45, 2.75) is 45.6 Å². The Labute approximate surface area is 96.8 Å². The van der Waals surface area contributed by atoms with Crippen LogP contribution in [0.4, 0.5) is 0 Å². The summed E-state index contributed by atoms with van der Waals surface area (Å²) in [6.45, 7) is 6.09. The first kappa shape index (κ1) is 12.4. The van der Waals surface area contributed by atoms with Crippen LogP contribution in [0.5, 0.6) is 0 Å². The molecule has 2 atom stereocenters. The fraction of sp³-hybridized carbons (Fsp3) is 0.818. The Morgan fingerprint density at radius 3 is 2.27 bits per heavy atom. The molecule has 86 valence electrons. The van der Waals surface area contributed by atoms with Gasteiger partial charge in [0.1, 0.15) is 0 Å². The summed E-state index contributed by atoms with van der Waals surface area (Å²) in [6.07, 6.45) is 2.50. The molecular weight excluding hydrogens is 208 g/mol. The van der Waals surface area contributed by atoms with Crippen LogP contribution in [0.3, 0.4) is 0 Å². The van der Waals surface area contributed by atoms with Gasteiger partial charge in [0.15, 0.2) is 0 Å². The highest BCUT2D eigenvalue weighted by Gasteiger charge is 2.42. The van der Waals surface area contributed by atoms with Crippen LogP contribution < -0.4 is 11.1 Å². The summed E-state index contributed by atoms with van der Waals surface area (Å²) in [5, 5.41) is 3.02. The average molecular weight is 228 g/mol. The van der Waals surface area contributed by atoms with E-state index in [1.54, 1.807) is 0 Å². The zero-order valence-corrected chi connectivity index (χ0v) is 10.5. The third kappa shape index (κ3) is 2.48. The maximum Gasteiger partial charge on any atom is 0.224 e. The second kappa shape index (κ2) is 4.47. The molecule has 15 heavy (non-hydrogen) atoms. The number of hydrogen-bond acceptors (Lipinski definition) is 2. The van der Waals surface area contributed by atoms with Crippen molar-refractivity contribution in [1.82, 2.24) is 5.32 Å². The van der Waals surface area contributed by atoms with Gasteiger partial charge in [-0.1, -0.05) is 33.0 Å². The van der Waals surface area contributed by atoms with Crippen molar-refractivity contribution >= 4 is 23.1 Å². The molecule has 0 aromatic heterocycles. The molecule has 0 spiro atoms. The Hall–Kier alpha value is -0.640. The number of amides is 1. The first-order valence-electron chi connectivity index (χ1n) is 5.58. The molecule has 0 radical (unpaired) electrons. The van der Waals surface area contributed by atoms with Crippen molar-refractivity contribution in [3.05, 3.63) is 0 Å². The molecule has 0 aliphatic heterocycles. The van der Waals surface area contributed by atoms with Crippen molar-refractivity contribution in [2.24, 2.45) is 17.6 Å². The lowest BCUT2D eigenvalue weighted by Gasteiger charge is -2.31. The highest BCUT2D eigenvalue weighted by Crippen LogP contribution is 2.38. The van der Waals surface area contributed by atoms with E-state index < -0.39 is 5.54 Å². The van der Waals surface area contributed by atoms with E-state index in [9.17, 15) is 4.79 Å². The maximum atomic E-state index is 11.8. The van der Waals surface area contributed by atoms with E-state index in [2.05, 4.69) is 12.2 Å². The second-order valence-electron chi connectivity index (χ2n) is 4.46. The molecule has 1 aliphatic rings. The number of carbonyl (C=O) groups is 1. The average Bonchev–Trinajstić information content (AvgIpc) is 2.91. The van der Waals surface area contributed by atoms with Gasteiger partial charge >= 0.3 is 0 Å². The first-order chi connectivity index (χ1) is 6.96. The summed E-state index contributed by atoms with van der Waals surface area (Å²) in [7, 11) is 0. The SMILES string of the molecule is CCC(CC)(NC(=O)C1CC1C)C(N)=S. The molecule has 1 rings (SSSR count). The van der Waals surface area contributed by atoms with Gasteiger partial charge in [-0.3, -0.25) is 4.79 Å². The van der Waals surface area contributed by atoms with E-state index in [-0.39, 0.29) is 11.8 Å². The van der Waals surface area contributed by atoms with E-state index in [1.807, 2.05) is 13.8 Å². The highest BCUT2D eigenvalue weighted by molar-refractivity contribution is 7.80. The van der Waals surface area contributed by atoms with Crippen LogP contribution in [-0.4, -0.2) is 16.4 Å². The third-order valence-electron chi connectivity index (χ3n) is 3.49. The summed E-state index contributed by atoms with van der Waals surface area (Å²) in [5.41, 5.74) is 5.24. The lowest BCUT2D eigenvalue weighted by atomic mass is 9.92. The molecule has 1 fully saturated rings. The summed E-state index contributed by atoms with van der Waals surface area (Å²) in [4.78, 5) is 12.2. The molecule has 0 aromatic rings. The Morgan fingerprint density at radius 2 is 2.00 bits per heavy atom. The fourth-order valence-electron chi connectivity index (χ4n) is 1.85. The molecule has 0 heterocycles. The molecule has 4 heteroatoms. The summed E-state index contributed by atoms with van der Waals surface area (Å²) >= 11 is 5.05. The normalized spacial score (nSPS) is 24.7. The minimum Gasteiger partial charge on any atom is -0.391 e. The van der Waals surface area contributed by atoms with Crippen LogP contribution in [0.2, 0.25) is 0 Å². The number of carbonyl (C=O) groups excluding carboxylic acids is 1. The second-order valence-corrected chi connectivity index (χ2v) is 4.90. The lowest BCUT2D eigenvalue weighted by Crippen LogP contribution is -2.56. The third-order valence-corrected chi connectivity index (χ3v) is 3.88. The molecule has 1 aliphatic carbocycles. The molecule has 0 bridgehead atoms. The van der Waals surface area contributed by atoms with Crippen molar-refractivity contribution < 1.29 is 4.79 Å². The van der Waals surface area contributed by atoms with Crippen LogP contribution in [0.25, 0.3) is 0 Å². The van der Waals surface area contributed by atoms with Crippen molar-refractivity contribution in [3.8, 4) is 0 Å². The Bertz CT molecular complexity index is 274. The van der Waals surface area contributed by atoms with Gasteiger partial charge in [0.2, 0.25) is 5.91 Å². The standard InChI is InChI=1S/C11H20N2OS/c1-4-11(5-2,10(12)15)13-9(14)8-6-7(8)3/h7-8H,4-6H2,1-3H3,(H2,12,15)(H,13,14). The smallest absolute Gasteiger partial charge is 0.224 e. The van der Waals surface area contributed by atoms with E-state index in [0.29, 0.717) is 10.9 Å². The Morgan fingerprint density at radius 1 is 1.53 bits per heavy atom. The van der Waals surface area contributed by atoms with Crippen molar-refractivity contribution in [3.63, 3.8) is 0 Å². The molecule has 0 saturated heterocycles. The van der Waals surface area contributed by atoms with Gasteiger partial charge in [0.25, 0.3) is 0 Å². The summed E-state index contributed by atoms with van der Waals surface area (Å²) < 4.78 is 0. The predicted molar refractivity (Wildman–Crippen MR) is 65.5 cm³/mol. The van der Waals surface area contributed by atoms with Crippen LogP contribution >= 0.6 is 12.2 Å². The van der Waals surface area contributed by atoms with Gasteiger partial charge in [-0.25, -0.2) is 0 Å². The minimum absolute atomic E-state index is 0.110. The van der Waals surface area contributed by atoms with E-state index in [4.69, 9.17) is 18.0 Å². The fourth-order valence-corrected chi connectivity index (χ4v) is 2.19. The van der Waals surface area contributed by atoms with Crippen LogP contribution in [0.1, 0.15) is 40.0 Å². The number of nitrogens with one attached hydrogen (secondary N) is 1. The molecule has 1 saturated carbocycles. The topological polar surface area (TPSA) is 55.1 Å². The Balaban J connectivity index is 2.66. The molecule has 3 N–H and O–H groups in total. The van der Waals surface area contributed by atoms with Gasteiger partial charge in [0.05, 0.1) is 10.5 Å². The lowest BCUT2D eigenvalue weighted by molar-refractivity contribution is -0.123. The van der Waals surface area contributed by atoms with Crippen molar-refractivity contribution in [1.29, 1.82) is 0 Å². The number of thiocarbonyl (C=S) groups is 1. The van der Waals surface area contributed by atoms with Crippen LogP contribution in [0, 0.1) is 11.8 Å². The van der Waals surface area contributed by atoms with Gasteiger partial charge in [-0.2, -0.15) is 0 Å². The first-order valence-corrected chi connectivity index (χ1v) is 5.99. The maximum absolute atomic E-state index is 11.8. The molecular formula is C11H20N2OS. The van der Waals surface area contributed by atoms with E-state index in [0.717, 1.165) is 19.3 Å². The molecule has 1 amide bonds. The van der Waals surface area contributed by atoms with Gasteiger partial charge < -0.3 is 11.1 Å². The summed E-state index contributed by atoms with van der Waals surface area (Å²) in [5.74, 6) is 0.804. The van der Waals surface area contributed by atoms with Gasteiger partial charge in [-0.15, -0.1) is 0 Å². The van der Waals surface area contributed by atoms with Gasteiger partial charge in [0, 0.05) is 5.92 Å².